The molecule has 0 radical (unpaired) electrons. The summed E-state index contributed by atoms with van der Waals surface area (Å²) in [7, 11) is -3.37. The van der Waals surface area contributed by atoms with Crippen molar-refractivity contribution < 1.29 is 22.9 Å². The zero-order chi connectivity index (χ0) is 29.1. The molecule has 0 spiro atoms. The van der Waals surface area contributed by atoms with Gasteiger partial charge in [-0.25, -0.2) is 23.2 Å². The summed E-state index contributed by atoms with van der Waals surface area (Å²) in [6.07, 6.45) is -0.697. The number of nitrogens with zero attached hydrogens (tertiary/aromatic N) is 1. The van der Waals surface area contributed by atoms with Gasteiger partial charge in [-0.15, -0.1) is 0 Å². The van der Waals surface area contributed by atoms with Crippen LogP contribution in [-0.4, -0.2) is 26.8 Å². The predicted octanol–water partition coefficient (Wildman–Crippen LogP) is 7.26. The summed E-state index contributed by atoms with van der Waals surface area (Å²) < 4.78 is 40.4. The molecule has 0 aliphatic heterocycles. The van der Waals surface area contributed by atoms with E-state index in [0.717, 1.165) is 0 Å². The number of amides is 2. The zero-order valence-electron chi connectivity index (χ0n) is 22.4. The van der Waals surface area contributed by atoms with Gasteiger partial charge in [-0.2, -0.15) is 0 Å². The number of carbonyl (C=O) groups is 2. The molecule has 1 aromatic heterocycles. The molecule has 206 valence electrons. The van der Waals surface area contributed by atoms with Crippen molar-refractivity contribution in [3.8, 4) is 11.1 Å². The highest BCUT2D eigenvalue weighted by atomic mass is 32.2. The van der Waals surface area contributed by atoms with Gasteiger partial charge in [0.15, 0.2) is 0 Å². The quantitative estimate of drug-likeness (QED) is 0.229. The second-order valence-corrected chi connectivity index (χ2v) is 12.0. The van der Waals surface area contributed by atoms with Crippen LogP contribution in [0.5, 0.6) is 0 Å². The lowest BCUT2D eigenvalue weighted by Gasteiger charge is -2.21. The van der Waals surface area contributed by atoms with E-state index in [1.807, 2.05) is 0 Å². The Kier molecular flexibility index (Phi) is 8.01. The first-order valence-electron chi connectivity index (χ1n) is 12.4. The Morgan fingerprint density at radius 3 is 2.15 bits per heavy atom. The van der Waals surface area contributed by atoms with Crippen LogP contribution in [0.3, 0.4) is 0 Å². The maximum atomic E-state index is 13.4. The first-order valence-corrected chi connectivity index (χ1v) is 13.9. The molecule has 0 bridgehead atoms. The maximum Gasteiger partial charge on any atom is 0.412 e. The third-order valence-corrected chi connectivity index (χ3v) is 7.44. The molecule has 3 aromatic carbocycles. The van der Waals surface area contributed by atoms with Crippen LogP contribution in [0.2, 0.25) is 0 Å². The average molecular weight is 561 g/mol. The Labute approximate surface area is 232 Å². The van der Waals surface area contributed by atoms with Gasteiger partial charge in [0.05, 0.1) is 16.3 Å². The van der Waals surface area contributed by atoms with Gasteiger partial charge in [-0.05, 0) is 99.5 Å². The van der Waals surface area contributed by atoms with E-state index >= 15 is 0 Å². The average Bonchev–Trinajstić information content (AvgIpc) is 2.89. The molecule has 40 heavy (non-hydrogen) atoms. The maximum absolute atomic E-state index is 13.4. The van der Waals surface area contributed by atoms with Gasteiger partial charge in [-0.1, -0.05) is 24.3 Å². The molecule has 0 aliphatic carbocycles. The van der Waals surface area contributed by atoms with Crippen LogP contribution < -0.4 is 10.6 Å². The SMILES string of the molecule is Cc1cccc(S(=N)(=O)c2ccc(C(=O)Nc3cc(-c4ccc(F)cc4)ccc3NC(=O)OC(C)(C)C)cc2)n1. The minimum atomic E-state index is -3.37. The number of halogens is 1. The summed E-state index contributed by atoms with van der Waals surface area (Å²) in [4.78, 5) is 30.1. The van der Waals surface area contributed by atoms with Gasteiger partial charge in [-0.3, -0.25) is 10.1 Å². The number of hydrogen-bond acceptors (Lipinski definition) is 6. The molecule has 3 N–H and O–H groups in total. The van der Waals surface area contributed by atoms with E-state index in [1.54, 1.807) is 70.2 Å². The number of rotatable bonds is 6. The number of ether oxygens (including phenoxy) is 1. The first-order chi connectivity index (χ1) is 18.8. The molecule has 1 atom stereocenters. The fraction of sp³-hybridized carbons (Fsp3) is 0.167. The van der Waals surface area contributed by atoms with E-state index in [2.05, 4.69) is 15.6 Å². The lowest BCUT2D eigenvalue weighted by atomic mass is 10.0. The summed E-state index contributed by atoms with van der Waals surface area (Å²) in [6.45, 7) is 6.96. The van der Waals surface area contributed by atoms with Crippen LogP contribution in [0.1, 0.15) is 36.8 Å². The number of nitrogens with one attached hydrogen (secondary N) is 3. The van der Waals surface area contributed by atoms with Crippen molar-refractivity contribution in [3.05, 3.63) is 102 Å². The van der Waals surface area contributed by atoms with Crippen LogP contribution in [0.15, 0.2) is 94.9 Å². The summed E-state index contributed by atoms with van der Waals surface area (Å²) in [5.41, 5.74) is 2.13. The number of benzene rings is 3. The van der Waals surface area contributed by atoms with E-state index in [-0.39, 0.29) is 27.0 Å². The number of carbonyl (C=O) groups excluding carboxylic acids is 2. The smallest absolute Gasteiger partial charge is 0.412 e. The number of hydrogen-bond donors (Lipinski definition) is 3. The molecule has 8 nitrogen and oxygen atoms in total. The van der Waals surface area contributed by atoms with Crippen LogP contribution >= 0.6 is 0 Å². The van der Waals surface area contributed by atoms with Crippen LogP contribution in [0.4, 0.5) is 20.6 Å². The van der Waals surface area contributed by atoms with Gasteiger partial charge >= 0.3 is 6.09 Å². The first kappa shape index (κ1) is 28.4. The third-order valence-electron chi connectivity index (χ3n) is 5.69. The van der Waals surface area contributed by atoms with Gasteiger partial charge in [0, 0.05) is 11.3 Å². The minimum absolute atomic E-state index is 0.139. The van der Waals surface area contributed by atoms with E-state index in [4.69, 9.17) is 9.52 Å². The minimum Gasteiger partial charge on any atom is -0.444 e. The van der Waals surface area contributed by atoms with Crippen LogP contribution in [-0.2, 0) is 14.5 Å². The van der Waals surface area contributed by atoms with E-state index in [9.17, 15) is 18.2 Å². The highest BCUT2D eigenvalue weighted by molar-refractivity contribution is 7.92. The Hall–Kier alpha value is -4.57. The Morgan fingerprint density at radius 1 is 0.875 bits per heavy atom. The lowest BCUT2D eigenvalue weighted by molar-refractivity contribution is 0.0635. The summed E-state index contributed by atoms with van der Waals surface area (Å²) in [5, 5.41) is 5.60. The molecule has 1 heterocycles. The van der Waals surface area contributed by atoms with Crippen molar-refractivity contribution in [2.24, 2.45) is 0 Å². The van der Waals surface area contributed by atoms with E-state index in [1.165, 1.54) is 42.5 Å². The molecule has 0 saturated heterocycles. The second kappa shape index (κ2) is 11.3. The Balaban J connectivity index is 1.62. The van der Waals surface area contributed by atoms with Crippen molar-refractivity contribution in [2.45, 2.75) is 43.2 Å². The summed E-state index contributed by atoms with van der Waals surface area (Å²) in [6, 6.07) is 21.7. The number of anilines is 2. The van der Waals surface area contributed by atoms with Gasteiger partial charge in [0.1, 0.15) is 26.2 Å². The molecule has 4 aromatic rings. The second-order valence-electron chi connectivity index (χ2n) is 10.0. The molecule has 0 saturated carbocycles. The molecule has 1 unspecified atom stereocenters. The predicted molar refractivity (Wildman–Crippen MR) is 152 cm³/mol. The summed E-state index contributed by atoms with van der Waals surface area (Å²) in [5.74, 6) is -0.876. The number of pyridine rings is 1. The molecule has 2 amide bonds. The molecule has 4 rings (SSSR count). The number of aryl methyl sites for hydroxylation is 1. The molecule has 10 heteroatoms. The van der Waals surface area contributed by atoms with Gasteiger partial charge in [0.2, 0.25) is 0 Å². The molecular formula is C30H29FN4O4S. The van der Waals surface area contributed by atoms with Crippen molar-refractivity contribution in [2.75, 3.05) is 10.6 Å². The van der Waals surface area contributed by atoms with Crippen molar-refractivity contribution in [1.82, 2.24) is 4.98 Å². The van der Waals surface area contributed by atoms with Gasteiger partial charge < -0.3 is 10.1 Å². The van der Waals surface area contributed by atoms with Crippen LogP contribution in [0.25, 0.3) is 11.1 Å². The highest BCUT2D eigenvalue weighted by Crippen LogP contribution is 2.30. The Morgan fingerprint density at radius 2 is 1.52 bits per heavy atom. The van der Waals surface area contributed by atoms with Crippen molar-refractivity contribution in [3.63, 3.8) is 0 Å². The van der Waals surface area contributed by atoms with Crippen molar-refractivity contribution >= 4 is 33.1 Å². The Bertz CT molecular complexity index is 1660. The fourth-order valence-electron chi connectivity index (χ4n) is 3.78. The fourth-order valence-corrected chi connectivity index (χ4v) is 5.09. The lowest BCUT2D eigenvalue weighted by Crippen LogP contribution is -2.27. The summed E-state index contributed by atoms with van der Waals surface area (Å²) >= 11 is 0. The van der Waals surface area contributed by atoms with Gasteiger partial charge in [0.25, 0.3) is 5.91 Å². The topological polar surface area (TPSA) is 121 Å². The highest BCUT2D eigenvalue weighted by Gasteiger charge is 2.20. The monoisotopic (exact) mass is 560 g/mol. The standard InChI is InChI=1S/C30H29FN4O4S/c1-19-6-5-7-27(33-19)40(32,38)24-15-10-21(11-16-24)28(36)34-26-18-22(20-8-13-23(31)14-9-20)12-17-25(26)35-29(37)39-30(2,3)4/h5-18,32H,1-4H3,(H,34,36)(H,35,37). The normalized spacial score (nSPS) is 12.7. The van der Waals surface area contributed by atoms with E-state index in [0.29, 0.717) is 22.5 Å². The van der Waals surface area contributed by atoms with Crippen molar-refractivity contribution in [1.29, 1.82) is 4.78 Å². The largest absolute Gasteiger partial charge is 0.444 e. The molecule has 0 aliphatic rings. The van der Waals surface area contributed by atoms with Crippen LogP contribution in [0, 0.1) is 17.5 Å². The number of aromatic nitrogens is 1. The molecule has 0 fully saturated rings. The van der Waals surface area contributed by atoms with E-state index < -0.39 is 27.3 Å². The zero-order valence-corrected chi connectivity index (χ0v) is 23.3. The molecular weight excluding hydrogens is 531 g/mol. The third kappa shape index (κ3) is 6.89.